The summed E-state index contributed by atoms with van der Waals surface area (Å²) in [6.45, 7) is 3.66. The van der Waals surface area contributed by atoms with Crippen LogP contribution in [0.4, 0.5) is 5.69 Å². The second kappa shape index (κ2) is 9.35. The normalized spacial score (nSPS) is 10.8. The van der Waals surface area contributed by atoms with Crippen LogP contribution in [0, 0.1) is 6.92 Å². The van der Waals surface area contributed by atoms with Gasteiger partial charge >= 0.3 is 0 Å². The van der Waals surface area contributed by atoms with Gasteiger partial charge < -0.3 is 10.1 Å². The molecule has 0 saturated heterocycles. The molecule has 3 aromatic rings. The van der Waals surface area contributed by atoms with Gasteiger partial charge in [0.2, 0.25) is 5.91 Å². The number of hydrogen-bond donors (Lipinski definition) is 1. The van der Waals surface area contributed by atoms with Crippen molar-refractivity contribution in [3.8, 4) is 5.75 Å². The van der Waals surface area contributed by atoms with Crippen molar-refractivity contribution in [2.75, 3.05) is 19.0 Å². The van der Waals surface area contributed by atoms with Crippen molar-refractivity contribution in [1.82, 2.24) is 4.90 Å². The maximum atomic E-state index is 12.7. The van der Waals surface area contributed by atoms with E-state index in [9.17, 15) is 4.79 Å². The van der Waals surface area contributed by atoms with E-state index in [1.165, 1.54) is 4.88 Å². The number of hydrogen-bond acceptors (Lipinski definition) is 4. The van der Waals surface area contributed by atoms with Gasteiger partial charge in [0.05, 0.1) is 13.7 Å². The molecule has 1 N–H and O–H groups in total. The number of aryl methyl sites for hydroxylation is 1. The molecule has 0 atom stereocenters. The van der Waals surface area contributed by atoms with E-state index in [0.29, 0.717) is 13.1 Å². The minimum absolute atomic E-state index is 0.0178. The van der Waals surface area contributed by atoms with Crippen LogP contribution in [0.25, 0.3) is 0 Å². The molecule has 2 aromatic carbocycles. The Labute approximate surface area is 164 Å². The van der Waals surface area contributed by atoms with Crippen LogP contribution in [-0.2, 0) is 17.9 Å². The lowest BCUT2D eigenvalue weighted by Gasteiger charge is -2.22. The zero-order valence-corrected chi connectivity index (χ0v) is 16.5. The van der Waals surface area contributed by atoms with Crippen molar-refractivity contribution in [2.45, 2.75) is 20.0 Å². The minimum atomic E-state index is -0.0178. The molecule has 0 fully saturated rings. The van der Waals surface area contributed by atoms with E-state index in [0.717, 1.165) is 29.1 Å². The molecule has 3 rings (SSSR count). The summed E-state index contributed by atoms with van der Waals surface area (Å²) in [6, 6.07) is 19.9. The van der Waals surface area contributed by atoms with Gasteiger partial charge in [-0.1, -0.05) is 42.5 Å². The maximum absolute atomic E-state index is 12.7. The molecule has 0 spiro atoms. The van der Waals surface area contributed by atoms with Crippen molar-refractivity contribution >= 4 is 22.9 Å². The first-order valence-corrected chi connectivity index (χ1v) is 9.76. The third-order valence-electron chi connectivity index (χ3n) is 4.33. The second-order valence-electron chi connectivity index (χ2n) is 6.40. The van der Waals surface area contributed by atoms with Gasteiger partial charge in [0.1, 0.15) is 5.75 Å². The third-order valence-corrected chi connectivity index (χ3v) is 5.19. The van der Waals surface area contributed by atoms with Crippen LogP contribution >= 0.6 is 11.3 Å². The molecule has 1 heterocycles. The lowest BCUT2D eigenvalue weighted by molar-refractivity contribution is -0.117. The highest BCUT2D eigenvalue weighted by Crippen LogP contribution is 2.21. The molecule has 0 saturated carbocycles. The van der Waals surface area contributed by atoms with Crippen LogP contribution < -0.4 is 10.1 Å². The fourth-order valence-electron chi connectivity index (χ4n) is 2.97. The highest BCUT2D eigenvalue weighted by molar-refractivity contribution is 7.09. The van der Waals surface area contributed by atoms with Crippen molar-refractivity contribution in [3.05, 3.63) is 82.0 Å². The van der Waals surface area contributed by atoms with Crippen molar-refractivity contribution < 1.29 is 9.53 Å². The number of ether oxygens (including phenoxy) is 1. The van der Waals surface area contributed by atoms with E-state index in [4.69, 9.17) is 4.74 Å². The largest absolute Gasteiger partial charge is 0.496 e. The summed E-state index contributed by atoms with van der Waals surface area (Å²) in [7, 11) is 1.67. The first-order valence-electron chi connectivity index (χ1n) is 8.88. The molecule has 0 aliphatic carbocycles. The van der Waals surface area contributed by atoms with Crippen LogP contribution in [0.2, 0.25) is 0 Å². The highest BCUT2D eigenvalue weighted by atomic mass is 32.1. The predicted molar refractivity (Wildman–Crippen MR) is 111 cm³/mol. The summed E-state index contributed by atoms with van der Waals surface area (Å²) in [5, 5.41) is 5.09. The molecular formula is C22H24N2O2S. The Bertz CT molecular complexity index is 878. The Morgan fingerprint density at radius 2 is 1.81 bits per heavy atom. The molecule has 1 aromatic heterocycles. The number of methoxy groups -OCH3 is 1. The number of nitrogens with zero attached hydrogens (tertiary/aromatic N) is 1. The molecular weight excluding hydrogens is 356 g/mol. The average molecular weight is 381 g/mol. The van der Waals surface area contributed by atoms with Gasteiger partial charge in [-0.3, -0.25) is 9.69 Å². The third kappa shape index (κ3) is 5.42. The summed E-state index contributed by atoms with van der Waals surface area (Å²) >= 11 is 1.70. The average Bonchev–Trinajstić information content (AvgIpc) is 3.17. The maximum Gasteiger partial charge on any atom is 0.238 e. The highest BCUT2D eigenvalue weighted by Gasteiger charge is 2.15. The van der Waals surface area contributed by atoms with Gasteiger partial charge in [0.25, 0.3) is 0 Å². The molecule has 0 radical (unpaired) electrons. The predicted octanol–water partition coefficient (Wildman–Crippen LogP) is 4.71. The van der Waals surface area contributed by atoms with Gasteiger partial charge in [-0.15, -0.1) is 11.3 Å². The van der Waals surface area contributed by atoms with Gasteiger partial charge in [-0.05, 0) is 36.1 Å². The van der Waals surface area contributed by atoms with Crippen molar-refractivity contribution in [2.24, 2.45) is 0 Å². The molecule has 4 nitrogen and oxygen atoms in total. The van der Waals surface area contributed by atoms with Crippen LogP contribution in [-0.4, -0.2) is 24.5 Å². The van der Waals surface area contributed by atoms with Crippen molar-refractivity contribution in [3.63, 3.8) is 0 Å². The first kappa shape index (κ1) is 19.1. The van der Waals surface area contributed by atoms with Gasteiger partial charge in [-0.2, -0.15) is 0 Å². The quantitative estimate of drug-likeness (QED) is 0.615. The Hall–Kier alpha value is -2.63. The second-order valence-corrected chi connectivity index (χ2v) is 7.43. The number of carbonyl (C=O) groups excluding carboxylic acids is 1. The molecule has 0 unspecified atom stereocenters. The smallest absolute Gasteiger partial charge is 0.238 e. The number of anilines is 1. The molecule has 140 valence electrons. The van der Waals surface area contributed by atoms with E-state index < -0.39 is 0 Å². The van der Waals surface area contributed by atoms with Crippen LogP contribution in [0.5, 0.6) is 5.75 Å². The number of thiophene rings is 1. The lowest BCUT2D eigenvalue weighted by atomic mass is 10.1. The van der Waals surface area contributed by atoms with E-state index >= 15 is 0 Å². The molecule has 0 aliphatic rings. The molecule has 1 amide bonds. The number of para-hydroxylation sites is 2. The number of nitrogens with one attached hydrogen (secondary N) is 1. The van der Waals surface area contributed by atoms with Gasteiger partial charge in [-0.25, -0.2) is 0 Å². The molecule has 5 heteroatoms. The monoisotopic (exact) mass is 380 g/mol. The van der Waals surface area contributed by atoms with Crippen LogP contribution in [0.1, 0.15) is 16.0 Å². The number of benzene rings is 2. The summed E-state index contributed by atoms with van der Waals surface area (Å²) in [6.07, 6.45) is 0. The van der Waals surface area contributed by atoms with Gasteiger partial charge in [0, 0.05) is 29.2 Å². The Kier molecular flexibility index (Phi) is 6.63. The zero-order chi connectivity index (χ0) is 19.1. The number of carbonyl (C=O) groups is 1. The number of amides is 1. The standard InChI is InChI=1S/C22H24N2O2S/c1-17-8-3-5-11-20(17)23-22(25)16-24(15-19-10-7-13-27-19)14-18-9-4-6-12-21(18)26-2/h3-13H,14-16H2,1-2H3,(H,23,25). The lowest BCUT2D eigenvalue weighted by Crippen LogP contribution is -2.32. The summed E-state index contributed by atoms with van der Waals surface area (Å²) < 4.78 is 5.47. The van der Waals surface area contributed by atoms with E-state index in [2.05, 4.69) is 21.7 Å². The fraction of sp³-hybridized carbons (Fsp3) is 0.227. The Morgan fingerprint density at radius 3 is 2.56 bits per heavy atom. The minimum Gasteiger partial charge on any atom is -0.496 e. The summed E-state index contributed by atoms with van der Waals surface area (Å²) in [5.41, 5.74) is 2.98. The van der Waals surface area contributed by atoms with Crippen molar-refractivity contribution in [1.29, 1.82) is 0 Å². The fourth-order valence-corrected chi connectivity index (χ4v) is 3.72. The molecule has 0 aliphatic heterocycles. The SMILES string of the molecule is COc1ccccc1CN(CC(=O)Nc1ccccc1C)Cc1cccs1. The topological polar surface area (TPSA) is 41.6 Å². The van der Waals surface area contributed by atoms with E-state index in [-0.39, 0.29) is 5.91 Å². The summed E-state index contributed by atoms with van der Waals surface area (Å²) in [4.78, 5) is 16.0. The summed E-state index contributed by atoms with van der Waals surface area (Å²) in [5.74, 6) is 0.823. The van der Waals surface area contributed by atoms with Crippen LogP contribution in [0.15, 0.2) is 66.0 Å². The zero-order valence-electron chi connectivity index (χ0n) is 15.6. The Morgan fingerprint density at radius 1 is 1.04 bits per heavy atom. The van der Waals surface area contributed by atoms with Gasteiger partial charge in [0.15, 0.2) is 0 Å². The van der Waals surface area contributed by atoms with Crippen LogP contribution in [0.3, 0.4) is 0 Å². The number of rotatable bonds is 8. The van der Waals surface area contributed by atoms with E-state index in [1.807, 2.05) is 61.5 Å². The molecule has 27 heavy (non-hydrogen) atoms. The first-order chi connectivity index (χ1) is 13.2. The Balaban J connectivity index is 1.73. The molecule has 0 bridgehead atoms. The van der Waals surface area contributed by atoms with E-state index in [1.54, 1.807) is 18.4 Å².